The standard InChI is InChI=1S/C19H18N4O/c1-13-3-7-15(8-4-13)20-18-12-11-17(22-23-18)19(24)21-16-9-5-14(2)6-10-16/h3-12H,1-2H3,(H,20,23)(H,21,24). The van der Waals surface area contributed by atoms with Crippen molar-refractivity contribution in [1.29, 1.82) is 0 Å². The van der Waals surface area contributed by atoms with Gasteiger partial charge in [0.15, 0.2) is 11.5 Å². The van der Waals surface area contributed by atoms with E-state index in [1.54, 1.807) is 12.1 Å². The molecule has 5 heteroatoms. The Hall–Kier alpha value is -3.21. The molecule has 0 unspecified atom stereocenters. The number of carbonyl (C=O) groups is 1. The number of amides is 1. The Kier molecular flexibility index (Phi) is 4.52. The maximum Gasteiger partial charge on any atom is 0.276 e. The van der Waals surface area contributed by atoms with E-state index in [4.69, 9.17) is 0 Å². The molecule has 5 nitrogen and oxygen atoms in total. The van der Waals surface area contributed by atoms with E-state index >= 15 is 0 Å². The van der Waals surface area contributed by atoms with Crippen molar-refractivity contribution in [1.82, 2.24) is 10.2 Å². The minimum atomic E-state index is -0.284. The number of anilines is 3. The first-order valence-electron chi connectivity index (χ1n) is 7.65. The highest BCUT2D eigenvalue weighted by atomic mass is 16.1. The molecule has 2 aromatic carbocycles. The molecule has 0 atom stereocenters. The molecule has 0 saturated heterocycles. The molecule has 3 rings (SSSR count). The summed E-state index contributed by atoms with van der Waals surface area (Å²) in [5.74, 6) is 0.305. The van der Waals surface area contributed by atoms with E-state index in [1.807, 2.05) is 62.4 Å². The van der Waals surface area contributed by atoms with Gasteiger partial charge in [-0.05, 0) is 50.2 Å². The van der Waals surface area contributed by atoms with E-state index in [2.05, 4.69) is 20.8 Å². The topological polar surface area (TPSA) is 66.9 Å². The number of aryl methyl sites for hydroxylation is 2. The number of nitrogens with zero attached hydrogens (tertiary/aromatic N) is 2. The molecule has 2 N–H and O–H groups in total. The fourth-order valence-electron chi connectivity index (χ4n) is 2.14. The van der Waals surface area contributed by atoms with E-state index in [9.17, 15) is 4.79 Å². The average Bonchev–Trinajstić information content (AvgIpc) is 2.59. The molecule has 0 saturated carbocycles. The zero-order chi connectivity index (χ0) is 16.9. The van der Waals surface area contributed by atoms with E-state index in [1.165, 1.54) is 5.56 Å². The number of rotatable bonds is 4. The molecule has 0 aliphatic heterocycles. The lowest BCUT2D eigenvalue weighted by Gasteiger charge is -2.07. The third kappa shape index (κ3) is 3.95. The van der Waals surface area contributed by atoms with Crippen LogP contribution in [0.5, 0.6) is 0 Å². The Morgan fingerprint density at radius 3 is 1.88 bits per heavy atom. The molecule has 0 bridgehead atoms. The highest BCUT2D eigenvalue weighted by Crippen LogP contribution is 2.15. The van der Waals surface area contributed by atoms with Gasteiger partial charge in [-0.25, -0.2) is 0 Å². The van der Waals surface area contributed by atoms with E-state index < -0.39 is 0 Å². The molecule has 3 aromatic rings. The maximum atomic E-state index is 12.2. The van der Waals surface area contributed by atoms with Crippen molar-refractivity contribution in [2.45, 2.75) is 13.8 Å². The maximum absolute atomic E-state index is 12.2. The van der Waals surface area contributed by atoms with Gasteiger partial charge in [0.25, 0.3) is 5.91 Å². The number of hydrogen-bond acceptors (Lipinski definition) is 4. The molecule has 0 aliphatic carbocycles. The summed E-state index contributed by atoms with van der Waals surface area (Å²) in [5.41, 5.74) is 4.25. The summed E-state index contributed by atoms with van der Waals surface area (Å²) in [6.45, 7) is 4.03. The van der Waals surface area contributed by atoms with E-state index in [0.29, 0.717) is 5.82 Å². The van der Waals surface area contributed by atoms with Gasteiger partial charge in [-0.3, -0.25) is 4.79 Å². The minimum absolute atomic E-state index is 0.269. The first kappa shape index (κ1) is 15.7. The van der Waals surface area contributed by atoms with E-state index in [-0.39, 0.29) is 11.6 Å². The highest BCUT2D eigenvalue weighted by molar-refractivity contribution is 6.02. The molecule has 1 heterocycles. The number of aromatic nitrogens is 2. The first-order chi connectivity index (χ1) is 11.6. The third-order valence-corrected chi connectivity index (χ3v) is 3.53. The lowest BCUT2D eigenvalue weighted by Crippen LogP contribution is -2.14. The van der Waals surface area contributed by atoms with Gasteiger partial charge in [0.2, 0.25) is 0 Å². The smallest absolute Gasteiger partial charge is 0.276 e. The predicted octanol–water partition coefficient (Wildman–Crippen LogP) is 4.09. The van der Waals surface area contributed by atoms with Gasteiger partial charge in [-0.15, -0.1) is 10.2 Å². The van der Waals surface area contributed by atoms with Crippen LogP contribution in [0.3, 0.4) is 0 Å². The third-order valence-electron chi connectivity index (χ3n) is 3.53. The molecule has 0 spiro atoms. The molecule has 0 radical (unpaired) electrons. The molecule has 120 valence electrons. The molecule has 1 amide bonds. The summed E-state index contributed by atoms with van der Waals surface area (Å²) in [6, 6.07) is 18.9. The van der Waals surface area contributed by atoms with Gasteiger partial charge >= 0.3 is 0 Å². The number of hydrogen-bond donors (Lipinski definition) is 2. The summed E-state index contributed by atoms with van der Waals surface area (Å²) in [6.07, 6.45) is 0. The van der Waals surface area contributed by atoms with Crippen molar-refractivity contribution >= 4 is 23.1 Å². The van der Waals surface area contributed by atoms with Crippen molar-refractivity contribution in [2.75, 3.05) is 10.6 Å². The highest BCUT2D eigenvalue weighted by Gasteiger charge is 2.08. The van der Waals surface area contributed by atoms with Gasteiger partial charge in [-0.2, -0.15) is 0 Å². The minimum Gasteiger partial charge on any atom is -0.339 e. The number of nitrogens with one attached hydrogen (secondary N) is 2. The number of benzene rings is 2. The van der Waals surface area contributed by atoms with Crippen LogP contribution in [0, 0.1) is 13.8 Å². The SMILES string of the molecule is Cc1ccc(NC(=O)c2ccc(Nc3ccc(C)cc3)nn2)cc1. The van der Waals surface area contributed by atoms with Gasteiger partial charge in [0, 0.05) is 11.4 Å². The first-order valence-corrected chi connectivity index (χ1v) is 7.65. The Balaban J connectivity index is 1.66. The lowest BCUT2D eigenvalue weighted by molar-refractivity contribution is 0.102. The average molecular weight is 318 g/mol. The van der Waals surface area contributed by atoms with Crippen LogP contribution in [0.2, 0.25) is 0 Å². The zero-order valence-corrected chi connectivity index (χ0v) is 13.6. The summed E-state index contributed by atoms with van der Waals surface area (Å²) in [5, 5.41) is 14.0. The zero-order valence-electron chi connectivity index (χ0n) is 13.6. The second-order valence-corrected chi connectivity index (χ2v) is 5.61. The lowest BCUT2D eigenvalue weighted by atomic mass is 10.2. The van der Waals surface area contributed by atoms with Gasteiger partial charge in [-0.1, -0.05) is 35.4 Å². The van der Waals surface area contributed by atoms with Crippen molar-refractivity contribution in [3.63, 3.8) is 0 Å². The van der Waals surface area contributed by atoms with Gasteiger partial charge in [0.1, 0.15) is 0 Å². The number of carbonyl (C=O) groups excluding carboxylic acids is 1. The van der Waals surface area contributed by atoms with Gasteiger partial charge < -0.3 is 10.6 Å². The van der Waals surface area contributed by atoms with Crippen LogP contribution in [-0.4, -0.2) is 16.1 Å². The molecule has 0 aliphatic rings. The summed E-state index contributed by atoms with van der Waals surface area (Å²) < 4.78 is 0. The molecule has 1 aromatic heterocycles. The van der Waals surface area contributed by atoms with Crippen LogP contribution in [-0.2, 0) is 0 Å². The largest absolute Gasteiger partial charge is 0.339 e. The molecular formula is C19H18N4O. The molecular weight excluding hydrogens is 300 g/mol. The van der Waals surface area contributed by atoms with Crippen LogP contribution in [0.25, 0.3) is 0 Å². The van der Waals surface area contributed by atoms with Crippen LogP contribution in [0.1, 0.15) is 21.6 Å². The second kappa shape index (κ2) is 6.91. The van der Waals surface area contributed by atoms with Crippen molar-refractivity contribution in [2.24, 2.45) is 0 Å². The van der Waals surface area contributed by atoms with Crippen molar-refractivity contribution in [3.05, 3.63) is 77.5 Å². The normalized spacial score (nSPS) is 10.2. The molecule has 24 heavy (non-hydrogen) atoms. The summed E-state index contributed by atoms with van der Waals surface area (Å²) in [7, 11) is 0. The van der Waals surface area contributed by atoms with Crippen molar-refractivity contribution < 1.29 is 4.79 Å². The summed E-state index contributed by atoms with van der Waals surface area (Å²) in [4.78, 5) is 12.2. The van der Waals surface area contributed by atoms with Crippen molar-refractivity contribution in [3.8, 4) is 0 Å². The van der Waals surface area contributed by atoms with Crippen LogP contribution >= 0.6 is 0 Å². The Bertz CT molecular complexity index is 825. The van der Waals surface area contributed by atoms with Gasteiger partial charge in [0.05, 0.1) is 0 Å². The second-order valence-electron chi connectivity index (χ2n) is 5.61. The monoisotopic (exact) mass is 318 g/mol. The Labute approximate surface area is 140 Å². The van der Waals surface area contributed by atoms with E-state index in [0.717, 1.165) is 16.9 Å². The quantitative estimate of drug-likeness (QED) is 0.760. The van der Waals surface area contributed by atoms with Crippen LogP contribution < -0.4 is 10.6 Å². The van der Waals surface area contributed by atoms with Crippen LogP contribution in [0.4, 0.5) is 17.2 Å². The predicted molar refractivity (Wildman–Crippen MR) is 95.6 cm³/mol. The van der Waals surface area contributed by atoms with Crippen LogP contribution in [0.15, 0.2) is 60.7 Å². The fraction of sp³-hybridized carbons (Fsp3) is 0.105. The molecule has 0 fully saturated rings. The summed E-state index contributed by atoms with van der Waals surface area (Å²) >= 11 is 0. The fourth-order valence-corrected chi connectivity index (χ4v) is 2.14. The Morgan fingerprint density at radius 1 is 0.750 bits per heavy atom. The Morgan fingerprint density at radius 2 is 1.33 bits per heavy atom.